The van der Waals surface area contributed by atoms with Crippen molar-refractivity contribution in [3.63, 3.8) is 0 Å². The largest absolute Gasteiger partial charge is 0.417 e. The van der Waals surface area contributed by atoms with E-state index in [2.05, 4.69) is 4.98 Å². The van der Waals surface area contributed by atoms with Gasteiger partial charge in [-0.3, -0.25) is 10.2 Å². The lowest BCUT2D eigenvalue weighted by molar-refractivity contribution is -0.137. The van der Waals surface area contributed by atoms with Crippen LogP contribution in [0.2, 0.25) is 0 Å². The Morgan fingerprint density at radius 3 is 2.68 bits per heavy atom. The molecule has 0 aliphatic heterocycles. The van der Waals surface area contributed by atoms with Gasteiger partial charge in [0.1, 0.15) is 0 Å². The van der Waals surface area contributed by atoms with Crippen molar-refractivity contribution in [1.29, 1.82) is 0 Å². The standard InChI is InChI=1S/C11H14F3N3OS/c1-7(2-4-9(18)17-15)19-10-5-3-8(6-16-10)11(12,13)14/h3,5-7H,2,4,15H2,1H3,(H,17,18). The maximum atomic E-state index is 12.3. The highest BCUT2D eigenvalue weighted by atomic mass is 32.2. The van der Waals surface area contributed by atoms with Crippen LogP contribution < -0.4 is 11.3 Å². The predicted molar refractivity (Wildman–Crippen MR) is 66.1 cm³/mol. The number of pyridine rings is 1. The summed E-state index contributed by atoms with van der Waals surface area (Å²) in [5.74, 6) is 4.67. The second-order valence-corrected chi connectivity index (χ2v) is 5.38. The molecule has 0 spiro atoms. The number of nitrogens with one attached hydrogen (secondary N) is 1. The highest BCUT2D eigenvalue weighted by Gasteiger charge is 2.30. The first-order valence-corrected chi connectivity index (χ1v) is 6.40. The highest BCUT2D eigenvalue weighted by molar-refractivity contribution is 7.99. The normalized spacial score (nSPS) is 13.1. The minimum atomic E-state index is -4.37. The number of carbonyl (C=O) groups is 1. The number of halogens is 3. The van der Waals surface area contributed by atoms with Crippen molar-refractivity contribution in [2.24, 2.45) is 5.84 Å². The predicted octanol–water partition coefficient (Wildman–Crippen LogP) is 2.35. The van der Waals surface area contributed by atoms with E-state index in [1.807, 2.05) is 12.3 Å². The molecule has 1 atom stereocenters. The molecule has 1 rings (SSSR count). The molecule has 106 valence electrons. The quantitative estimate of drug-likeness (QED) is 0.378. The molecule has 0 bridgehead atoms. The van der Waals surface area contributed by atoms with Gasteiger partial charge in [-0.15, -0.1) is 11.8 Å². The van der Waals surface area contributed by atoms with Gasteiger partial charge in [0.2, 0.25) is 5.91 Å². The molecule has 0 saturated heterocycles. The van der Waals surface area contributed by atoms with Crippen molar-refractivity contribution in [3.05, 3.63) is 23.9 Å². The summed E-state index contributed by atoms with van der Waals surface area (Å²) in [6, 6.07) is 2.32. The van der Waals surface area contributed by atoms with Crippen LogP contribution in [-0.2, 0) is 11.0 Å². The molecule has 4 nitrogen and oxygen atoms in total. The van der Waals surface area contributed by atoms with Gasteiger partial charge in [-0.25, -0.2) is 10.8 Å². The highest BCUT2D eigenvalue weighted by Crippen LogP contribution is 2.30. The Morgan fingerprint density at radius 2 is 2.21 bits per heavy atom. The van der Waals surface area contributed by atoms with Gasteiger partial charge in [-0.1, -0.05) is 6.92 Å². The van der Waals surface area contributed by atoms with Gasteiger partial charge in [-0.2, -0.15) is 13.2 Å². The molecule has 0 aromatic carbocycles. The van der Waals surface area contributed by atoms with Crippen LogP contribution in [0.4, 0.5) is 13.2 Å². The third-order valence-electron chi connectivity index (χ3n) is 2.32. The summed E-state index contributed by atoms with van der Waals surface area (Å²) >= 11 is 1.32. The molecule has 0 fully saturated rings. The molecule has 1 aromatic heterocycles. The third kappa shape index (κ3) is 5.48. The van der Waals surface area contributed by atoms with Crippen LogP contribution in [0.5, 0.6) is 0 Å². The summed E-state index contributed by atoms with van der Waals surface area (Å²) in [7, 11) is 0. The zero-order valence-electron chi connectivity index (χ0n) is 10.2. The number of hydrogen-bond donors (Lipinski definition) is 2. The van der Waals surface area contributed by atoms with E-state index in [-0.39, 0.29) is 17.6 Å². The number of rotatable bonds is 5. The Morgan fingerprint density at radius 1 is 1.53 bits per heavy atom. The van der Waals surface area contributed by atoms with Crippen LogP contribution in [0.1, 0.15) is 25.3 Å². The van der Waals surface area contributed by atoms with E-state index in [0.717, 1.165) is 12.3 Å². The number of thioether (sulfide) groups is 1. The van der Waals surface area contributed by atoms with Crippen molar-refractivity contribution in [3.8, 4) is 0 Å². The van der Waals surface area contributed by atoms with Crippen LogP contribution in [0.3, 0.4) is 0 Å². The molecule has 1 unspecified atom stereocenters. The molecule has 1 aromatic rings. The van der Waals surface area contributed by atoms with Gasteiger partial charge in [-0.05, 0) is 18.6 Å². The summed E-state index contributed by atoms with van der Waals surface area (Å²) in [4.78, 5) is 14.7. The van der Waals surface area contributed by atoms with Crippen molar-refractivity contribution < 1.29 is 18.0 Å². The number of hydrogen-bond acceptors (Lipinski definition) is 4. The van der Waals surface area contributed by atoms with E-state index < -0.39 is 11.7 Å². The van der Waals surface area contributed by atoms with Crippen molar-refractivity contribution in [1.82, 2.24) is 10.4 Å². The van der Waals surface area contributed by atoms with E-state index in [1.165, 1.54) is 17.8 Å². The molecule has 0 aliphatic rings. The summed E-state index contributed by atoms with van der Waals surface area (Å²) in [5, 5.41) is 0.551. The first-order chi connectivity index (χ1) is 8.82. The average Bonchev–Trinajstić information content (AvgIpc) is 2.35. The van der Waals surface area contributed by atoms with Gasteiger partial charge < -0.3 is 0 Å². The Kier molecular flexibility index (Phi) is 5.61. The third-order valence-corrected chi connectivity index (χ3v) is 3.45. The number of carbonyl (C=O) groups excluding carboxylic acids is 1. The topological polar surface area (TPSA) is 68.0 Å². The van der Waals surface area contributed by atoms with Gasteiger partial charge in [0, 0.05) is 17.9 Å². The van der Waals surface area contributed by atoms with E-state index in [9.17, 15) is 18.0 Å². The molecule has 8 heteroatoms. The van der Waals surface area contributed by atoms with Gasteiger partial charge >= 0.3 is 6.18 Å². The fourth-order valence-corrected chi connectivity index (χ4v) is 2.20. The zero-order chi connectivity index (χ0) is 14.5. The number of alkyl halides is 3. The van der Waals surface area contributed by atoms with Crippen molar-refractivity contribution >= 4 is 17.7 Å². The first-order valence-electron chi connectivity index (χ1n) is 5.52. The fourth-order valence-electron chi connectivity index (χ4n) is 1.29. The Bertz CT molecular complexity index is 422. The molecule has 0 saturated carbocycles. The molecule has 0 radical (unpaired) electrons. The van der Waals surface area contributed by atoms with Crippen LogP contribution in [-0.4, -0.2) is 16.1 Å². The summed E-state index contributed by atoms with van der Waals surface area (Å²) in [5.41, 5.74) is 1.25. The monoisotopic (exact) mass is 293 g/mol. The molecular formula is C11H14F3N3OS. The van der Waals surface area contributed by atoms with Gasteiger partial charge in [0.25, 0.3) is 0 Å². The SMILES string of the molecule is CC(CCC(=O)NN)Sc1ccc(C(F)(F)F)cn1. The second kappa shape index (κ2) is 6.76. The molecule has 1 amide bonds. The average molecular weight is 293 g/mol. The van der Waals surface area contributed by atoms with Crippen molar-refractivity contribution in [2.45, 2.75) is 36.2 Å². The number of nitrogens with two attached hydrogens (primary N) is 1. The van der Waals surface area contributed by atoms with E-state index in [1.54, 1.807) is 0 Å². The summed E-state index contributed by atoms with van der Waals surface area (Å²) in [6.45, 7) is 1.87. The van der Waals surface area contributed by atoms with Crippen molar-refractivity contribution in [2.75, 3.05) is 0 Å². The Hall–Kier alpha value is -1.28. The second-order valence-electron chi connectivity index (χ2n) is 3.92. The smallest absolute Gasteiger partial charge is 0.294 e. The van der Waals surface area contributed by atoms with Crippen LogP contribution in [0.15, 0.2) is 23.4 Å². The van der Waals surface area contributed by atoms with Gasteiger partial charge in [0.15, 0.2) is 0 Å². The molecular weight excluding hydrogens is 279 g/mol. The van der Waals surface area contributed by atoms with Crippen LogP contribution in [0, 0.1) is 0 Å². The number of nitrogens with zero attached hydrogens (tertiary/aromatic N) is 1. The summed E-state index contributed by atoms with van der Waals surface area (Å²) < 4.78 is 37.0. The number of amides is 1. The molecule has 0 aliphatic carbocycles. The van der Waals surface area contributed by atoms with E-state index in [0.29, 0.717) is 11.4 Å². The Balaban J connectivity index is 2.51. The lowest BCUT2D eigenvalue weighted by atomic mass is 10.2. The summed E-state index contributed by atoms with van der Waals surface area (Å²) in [6.07, 6.45) is -2.73. The van der Waals surface area contributed by atoms with E-state index >= 15 is 0 Å². The number of aromatic nitrogens is 1. The molecule has 1 heterocycles. The lowest BCUT2D eigenvalue weighted by Crippen LogP contribution is -2.30. The minimum Gasteiger partial charge on any atom is -0.294 e. The first kappa shape index (κ1) is 15.8. The minimum absolute atomic E-state index is 0.0570. The maximum absolute atomic E-state index is 12.3. The molecule has 3 N–H and O–H groups in total. The van der Waals surface area contributed by atoms with Gasteiger partial charge in [0.05, 0.1) is 10.6 Å². The van der Waals surface area contributed by atoms with Crippen LogP contribution in [0.25, 0.3) is 0 Å². The zero-order valence-corrected chi connectivity index (χ0v) is 11.0. The van der Waals surface area contributed by atoms with Crippen LogP contribution >= 0.6 is 11.8 Å². The number of hydrazine groups is 1. The van der Waals surface area contributed by atoms with E-state index in [4.69, 9.17) is 5.84 Å². The maximum Gasteiger partial charge on any atom is 0.417 e. The molecule has 19 heavy (non-hydrogen) atoms. The Labute approximate surface area is 112 Å². The lowest BCUT2D eigenvalue weighted by Gasteiger charge is -2.11. The fraction of sp³-hybridized carbons (Fsp3) is 0.455.